The van der Waals surface area contributed by atoms with Crippen LogP contribution in [0.15, 0.2) is 42.5 Å². The third-order valence-corrected chi connectivity index (χ3v) is 3.63. The molecule has 1 aliphatic rings. The van der Waals surface area contributed by atoms with Gasteiger partial charge in [-0.1, -0.05) is 30.3 Å². The van der Waals surface area contributed by atoms with Gasteiger partial charge in [-0.2, -0.15) is 0 Å². The van der Waals surface area contributed by atoms with Crippen molar-refractivity contribution < 1.29 is 9.50 Å². The fraction of sp³-hybridized carbons (Fsp3) is 0.250. The van der Waals surface area contributed by atoms with Crippen LogP contribution in [0.25, 0.3) is 0 Å². The highest BCUT2D eigenvalue weighted by atomic mass is 19.1. The lowest BCUT2D eigenvalue weighted by Crippen LogP contribution is -2.29. The predicted octanol–water partition coefficient (Wildman–Crippen LogP) is 3.09. The number of halogens is 1. The molecule has 0 aliphatic carbocycles. The number of hydrogen-bond donors (Lipinski definition) is 1. The van der Waals surface area contributed by atoms with Gasteiger partial charge in [0.25, 0.3) is 0 Å². The minimum absolute atomic E-state index is 0.285. The van der Waals surface area contributed by atoms with E-state index in [1.165, 1.54) is 23.3 Å². The Hall–Kier alpha value is -1.87. The molecule has 0 atom stereocenters. The van der Waals surface area contributed by atoms with E-state index >= 15 is 0 Å². The second kappa shape index (κ2) is 5.02. The Morgan fingerprint density at radius 1 is 1.11 bits per heavy atom. The molecule has 1 N–H and O–H groups in total. The zero-order chi connectivity index (χ0) is 13.2. The molecule has 3 rings (SSSR count). The number of hydrogen-bond acceptors (Lipinski definition) is 2. The van der Waals surface area contributed by atoms with Gasteiger partial charge in [-0.25, -0.2) is 4.39 Å². The molecular formula is C16H16FNO. The van der Waals surface area contributed by atoms with E-state index in [2.05, 4.69) is 29.2 Å². The lowest BCUT2D eigenvalue weighted by atomic mass is 9.99. The Morgan fingerprint density at radius 2 is 1.89 bits per heavy atom. The monoisotopic (exact) mass is 257 g/mol. The molecule has 0 spiro atoms. The summed E-state index contributed by atoms with van der Waals surface area (Å²) in [7, 11) is 0. The summed E-state index contributed by atoms with van der Waals surface area (Å²) in [4.78, 5) is 2.30. The molecule has 3 heteroatoms. The molecule has 19 heavy (non-hydrogen) atoms. The van der Waals surface area contributed by atoms with Gasteiger partial charge in [-0.05, 0) is 35.2 Å². The average Bonchev–Trinajstić information content (AvgIpc) is 2.43. The van der Waals surface area contributed by atoms with Crippen LogP contribution in [0.2, 0.25) is 0 Å². The van der Waals surface area contributed by atoms with Gasteiger partial charge >= 0.3 is 0 Å². The number of nitrogens with zero attached hydrogens (tertiary/aromatic N) is 1. The van der Waals surface area contributed by atoms with Crippen molar-refractivity contribution in [3.63, 3.8) is 0 Å². The molecule has 0 saturated carbocycles. The highest BCUT2D eigenvalue weighted by Crippen LogP contribution is 2.22. The Labute approximate surface area is 112 Å². The summed E-state index contributed by atoms with van der Waals surface area (Å²) in [5.74, 6) is -0.831. The Balaban J connectivity index is 1.73. The highest BCUT2D eigenvalue weighted by Gasteiger charge is 2.16. The summed E-state index contributed by atoms with van der Waals surface area (Å²) >= 11 is 0. The van der Waals surface area contributed by atoms with Crippen LogP contribution in [0.3, 0.4) is 0 Å². The zero-order valence-electron chi connectivity index (χ0n) is 10.6. The fourth-order valence-electron chi connectivity index (χ4n) is 2.60. The molecule has 0 saturated heterocycles. The zero-order valence-corrected chi connectivity index (χ0v) is 10.6. The molecule has 0 bridgehead atoms. The number of phenolic OH excluding ortho intramolecular Hbond substituents is 1. The maximum absolute atomic E-state index is 13.3. The van der Waals surface area contributed by atoms with Gasteiger partial charge in [0.15, 0.2) is 11.6 Å². The first-order valence-electron chi connectivity index (χ1n) is 6.49. The molecule has 1 aliphatic heterocycles. The molecule has 0 unspecified atom stereocenters. The highest BCUT2D eigenvalue weighted by molar-refractivity contribution is 5.30. The maximum atomic E-state index is 13.3. The molecule has 0 amide bonds. The van der Waals surface area contributed by atoms with Gasteiger partial charge in [-0.3, -0.25) is 4.90 Å². The summed E-state index contributed by atoms with van der Waals surface area (Å²) in [5.41, 5.74) is 3.67. The molecule has 0 radical (unpaired) electrons. The standard InChI is InChI=1S/C16H16FNO/c17-15-9-12(5-6-16(15)19)10-18-8-7-13-3-1-2-4-14(13)11-18/h1-6,9,19H,7-8,10-11H2. The Bertz CT molecular complexity index is 597. The van der Waals surface area contributed by atoms with Crippen molar-refractivity contribution in [2.75, 3.05) is 6.54 Å². The van der Waals surface area contributed by atoms with Gasteiger partial charge in [-0.15, -0.1) is 0 Å². The number of benzene rings is 2. The van der Waals surface area contributed by atoms with E-state index in [-0.39, 0.29) is 5.75 Å². The Morgan fingerprint density at radius 3 is 2.68 bits per heavy atom. The SMILES string of the molecule is Oc1ccc(CN2CCc3ccccc3C2)cc1F. The van der Waals surface area contributed by atoms with E-state index in [1.54, 1.807) is 6.07 Å². The summed E-state index contributed by atoms with van der Waals surface area (Å²) < 4.78 is 13.3. The Kier molecular flexibility index (Phi) is 3.22. The molecule has 2 nitrogen and oxygen atoms in total. The van der Waals surface area contributed by atoms with Crippen molar-refractivity contribution in [2.45, 2.75) is 19.5 Å². The number of aromatic hydroxyl groups is 1. The third-order valence-electron chi connectivity index (χ3n) is 3.63. The van der Waals surface area contributed by atoms with Crippen LogP contribution >= 0.6 is 0 Å². The van der Waals surface area contributed by atoms with Crippen LogP contribution in [-0.2, 0) is 19.5 Å². The third kappa shape index (κ3) is 2.61. The quantitative estimate of drug-likeness (QED) is 0.893. The molecule has 0 aromatic heterocycles. The van der Waals surface area contributed by atoms with Crippen LogP contribution in [0.4, 0.5) is 4.39 Å². The summed E-state index contributed by atoms with van der Waals surface area (Å²) in [6.07, 6.45) is 1.04. The van der Waals surface area contributed by atoms with Crippen molar-refractivity contribution in [3.05, 3.63) is 65.0 Å². The van der Waals surface area contributed by atoms with Crippen molar-refractivity contribution in [1.29, 1.82) is 0 Å². The molecule has 1 heterocycles. The molecular weight excluding hydrogens is 241 g/mol. The van der Waals surface area contributed by atoms with Crippen molar-refractivity contribution in [3.8, 4) is 5.75 Å². The lowest BCUT2D eigenvalue weighted by Gasteiger charge is -2.28. The van der Waals surface area contributed by atoms with Gasteiger partial charge in [0.1, 0.15) is 0 Å². The first kappa shape index (κ1) is 12.2. The van der Waals surface area contributed by atoms with E-state index in [0.29, 0.717) is 6.54 Å². The average molecular weight is 257 g/mol. The largest absolute Gasteiger partial charge is 0.505 e. The number of rotatable bonds is 2. The van der Waals surface area contributed by atoms with E-state index in [0.717, 1.165) is 25.1 Å². The smallest absolute Gasteiger partial charge is 0.165 e. The van der Waals surface area contributed by atoms with E-state index in [1.807, 2.05) is 0 Å². The lowest BCUT2D eigenvalue weighted by molar-refractivity contribution is 0.245. The van der Waals surface area contributed by atoms with E-state index < -0.39 is 5.82 Å². The van der Waals surface area contributed by atoms with Gasteiger partial charge < -0.3 is 5.11 Å². The first-order chi connectivity index (χ1) is 9.22. The van der Waals surface area contributed by atoms with Gasteiger partial charge in [0.2, 0.25) is 0 Å². The van der Waals surface area contributed by atoms with Gasteiger partial charge in [0.05, 0.1) is 0 Å². The maximum Gasteiger partial charge on any atom is 0.165 e. The number of phenols is 1. The predicted molar refractivity (Wildman–Crippen MR) is 72.3 cm³/mol. The van der Waals surface area contributed by atoms with E-state index in [9.17, 15) is 9.50 Å². The van der Waals surface area contributed by atoms with Gasteiger partial charge in [0, 0.05) is 19.6 Å². The molecule has 2 aromatic rings. The van der Waals surface area contributed by atoms with Crippen LogP contribution in [0.5, 0.6) is 5.75 Å². The normalized spacial score (nSPS) is 15.2. The van der Waals surface area contributed by atoms with Crippen molar-refractivity contribution in [1.82, 2.24) is 4.90 Å². The number of fused-ring (bicyclic) bond motifs is 1. The first-order valence-corrected chi connectivity index (χ1v) is 6.49. The topological polar surface area (TPSA) is 23.5 Å². The molecule has 98 valence electrons. The second-order valence-electron chi connectivity index (χ2n) is 5.02. The second-order valence-corrected chi connectivity index (χ2v) is 5.02. The van der Waals surface area contributed by atoms with Crippen LogP contribution in [-0.4, -0.2) is 16.6 Å². The molecule has 2 aromatic carbocycles. The minimum Gasteiger partial charge on any atom is -0.505 e. The van der Waals surface area contributed by atoms with Crippen molar-refractivity contribution >= 4 is 0 Å². The van der Waals surface area contributed by atoms with Crippen LogP contribution in [0, 0.1) is 5.82 Å². The summed E-state index contributed by atoms with van der Waals surface area (Å²) in [6.45, 7) is 2.60. The van der Waals surface area contributed by atoms with Crippen LogP contribution in [0.1, 0.15) is 16.7 Å². The fourth-order valence-corrected chi connectivity index (χ4v) is 2.60. The van der Waals surface area contributed by atoms with Crippen molar-refractivity contribution in [2.24, 2.45) is 0 Å². The van der Waals surface area contributed by atoms with Crippen LogP contribution < -0.4 is 0 Å². The minimum atomic E-state index is -0.546. The molecule has 0 fully saturated rings. The summed E-state index contributed by atoms with van der Waals surface area (Å²) in [6, 6.07) is 13.1. The van der Waals surface area contributed by atoms with E-state index in [4.69, 9.17) is 0 Å². The summed E-state index contributed by atoms with van der Waals surface area (Å²) in [5, 5.41) is 9.19.